The predicted octanol–water partition coefficient (Wildman–Crippen LogP) is 2.67. The molecule has 16 heavy (non-hydrogen) atoms. The summed E-state index contributed by atoms with van der Waals surface area (Å²) in [5, 5.41) is 0. The SMILES string of the molecule is C=CC[C@@H](N)c1ccc(OC)c(OCC)c1. The Bertz CT molecular complexity index is 350. The smallest absolute Gasteiger partial charge is 0.161 e. The first-order valence-corrected chi connectivity index (χ1v) is 5.40. The van der Waals surface area contributed by atoms with Crippen molar-refractivity contribution in [3.05, 3.63) is 36.4 Å². The van der Waals surface area contributed by atoms with Crippen LogP contribution in [0.25, 0.3) is 0 Å². The summed E-state index contributed by atoms with van der Waals surface area (Å²) in [5.41, 5.74) is 7.03. The van der Waals surface area contributed by atoms with E-state index in [0.717, 1.165) is 23.5 Å². The molecule has 0 aliphatic rings. The highest BCUT2D eigenvalue weighted by Gasteiger charge is 2.09. The molecule has 0 saturated heterocycles. The van der Waals surface area contributed by atoms with Gasteiger partial charge in [-0.2, -0.15) is 0 Å². The molecule has 0 spiro atoms. The van der Waals surface area contributed by atoms with E-state index in [2.05, 4.69) is 6.58 Å². The van der Waals surface area contributed by atoms with E-state index in [0.29, 0.717) is 6.61 Å². The second-order valence-corrected chi connectivity index (χ2v) is 3.47. The van der Waals surface area contributed by atoms with Gasteiger partial charge in [-0.05, 0) is 31.0 Å². The summed E-state index contributed by atoms with van der Waals surface area (Å²) in [6.07, 6.45) is 2.56. The minimum Gasteiger partial charge on any atom is -0.493 e. The van der Waals surface area contributed by atoms with Gasteiger partial charge in [-0.3, -0.25) is 0 Å². The second kappa shape index (κ2) is 6.18. The third-order valence-corrected chi connectivity index (χ3v) is 2.34. The highest BCUT2D eigenvalue weighted by molar-refractivity contribution is 5.43. The second-order valence-electron chi connectivity index (χ2n) is 3.47. The van der Waals surface area contributed by atoms with Crippen molar-refractivity contribution >= 4 is 0 Å². The van der Waals surface area contributed by atoms with Crippen LogP contribution in [0.2, 0.25) is 0 Å². The molecule has 88 valence electrons. The number of ether oxygens (including phenoxy) is 2. The molecular formula is C13H19NO2. The first-order valence-electron chi connectivity index (χ1n) is 5.40. The number of rotatable bonds is 6. The normalized spacial score (nSPS) is 11.9. The van der Waals surface area contributed by atoms with Crippen molar-refractivity contribution in [2.45, 2.75) is 19.4 Å². The predicted molar refractivity (Wildman–Crippen MR) is 65.9 cm³/mol. The maximum Gasteiger partial charge on any atom is 0.161 e. The monoisotopic (exact) mass is 221 g/mol. The molecule has 0 saturated carbocycles. The zero-order valence-electron chi connectivity index (χ0n) is 9.90. The number of methoxy groups -OCH3 is 1. The first kappa shape index (κ1) is 12.6. The van der Waals surface area contributed by atoms with Gasteiger partial charge in [0.25, 0.3) is 0 Å². The molecule has 1 rings (SSSR count). The lowest BCUT2D eigenvalue weighted by molar-refractivity contribution is 0.310. The average molecular weight is 221 g/mol. The van der Waals surface area contributed by atoms with Crippen molar-refractivity contribution in [3.63, 3.8) is 0 Å². The fraction of sp³-hybridized carbons (Fsp3) is 0.385. The van der Waals surface area contributed by atoms with Gasteiger partial charge in [0.05, 0.1) is 13.7 Å². The summed E-state index contributed by atoms with van der Waals surface area (Å²) in [7, 11) is 1.63. The summed E-state index contributed by atoms with van der Waals surface area (Å²) in [5.74, 6) is 1.47. The molecule has 3 heteroatoms. The van der Waals surface area contributed by atoms with E-state index >= 15 is 0 Å². The molecule has 0 heterocycles. The van der Waals surface area contributed by atoms with Crippen LogP contribution < -0.4 is 15.2 Å². The Balaban J connectivity index is 2.96. The lowest BCUT2D eigenvalue weighted by Crippen LogP contribution is -2.09. The van der Waals surface area contributed by atoms with Crippen LogP contribution in [0.5, 0.6) is 11.5 Å². The third-order valence-electron chi connectivity index (χ3n) is 2.34. The Kier molecular flexibility index (Phi) is 4.86. The summed E-state index contributed by atoms with van der Waals surface area (Å²) in [6.45, 7) is 6.23. The van der Waals surface area contributed by atoms with Crippen molar-refractivity contribution in [3.8, 4) is 11.5 Å². The van der Waals surface area contributed by atoms with Crippen molar-refractivity contribution < 1.29 is 9.47 Å². The van der Waals surface area contributed by atoms with E-state index < -0.39 is 0 Å². The van der Waals surface area contributed by atoms with Crippen molar-refractivity contribution in [1.29, 1.82) is 0 Å². The van der Waals surface area contributed by atoms with E-state index in [9.17, 15) is 0 Å². The average Bonchev–Trinajstić information content (AvgIpc) is 2.29. The number of hydrogen-bond donors (Lipinski definition) is 1. The zero-order chi connectivity index (χ0) is 12.0. The number of benzene rings is 1. The highest BCUT2D eigenvalue weighted by atomic mass is 16.5. The van der Waals surface area contributed by atoms with Gasteiger partial charge < -0.3 is 15.2 Å². The fourth-order valence-electron chi connectivity index (χ4n) is 1.51. The molecule has 3 nitrogen and oxygen atoms in total. The lowest BCUT2D eigenvalue weighted by atomic mass is 10.0. The molecule has 0 radical (unpaired) electrons. The van der Waals surface area contributed by atoms with E-state index in [1.54, 1.807) is 7.11 Å². The highest BCUT2D eigenvalue weighted by Crippen LogP contribution is 2.30. The van der Waals surface area contributed by atoms with Gasteiger partial charge in [0.15, 0.2) is 11.5 Å². The van der Waals surface area contributed by atoms with Crippen LogP contribution in [0.1, 0.15) is 24.9 Å². The standard InChI is InChI=1S/C13H19NO2/c1-4-6-11(14)10-7-8-12(15-3)13(9-10)16-5-2/h4,7-9,11H,1,5-6,14H2,2-3H3/t11-/m1/s1. The van der Waals surface area contributed by atoms with Gasteiger partial charge in [0.1, 0.15) is 0 Å². The molecule has 0 amide bonds. The van der Waals surface area contributed by atoms with E-state index in [4.69, 9.17) is 15.2 Å². The molecule has 0 aliphatic heterocycles. The molecule has 2 N–H and O–H groups in total. The molecule has 1 aromatic rings. The molecule has 1 aromatic carbocycles. The first-order chi connectivity index (χ1) is 7.72. The quantitative estimate of drug-likeness (QED) is 0.751. The van der Waals surface area contributed by atoms with Gasteiger partial charge in [-0.15, -0.1) is 6.58 Å². The Hall–Kier alpha value is -1.48. The Morgan fingerprint density at radius 3 is 2.75 bits per heavy atom. The maximum atomic E-state index is 5.99. The molecule has 1 atom stereocenters. The van der Waals surface area contributed by atoms with E-state index in [1.165, 1.54) is 0 Å². The van der Waals surface area contributed by atoms with Crippen LogP contribution in [-0.4, -0.2) is 13.7 Å². The largest absolute Gasteiger partial charge is 0.493 e. The lowest BCUT2D eigenvalue weighted by Gasteiger charge is -2.14. The Morgan fingerprint density at radius 2 is 2.19 bits per heavy atom. The van der Waals surface area contributed by atoms with Crippen LogP contribution in [0.15, 0.2) is 30.9 Å². The molecule has 0 aromatic heterocycles. The van der Waals surface area contributed by atoms with Crippen LogP contribution in [0, 0.1) is 0 Å². The third kappa shape index (κ3) is 3.00. The summed E-state index contributed by atoms with van der Waals surface area (Å²) in [6, 6.07) is 5.72. The number of hydrogen-bond acceptors (Lipinski definition) is 3. The van der Waals surface area contributed by atoms with Gasteiger partial charge in [-0.25, -0.2) is 0 Å². The summed E-state index contributed by atoms with van der Waals surface area (Å²) in [4.78, 5) is 0. The minimum atomic E-state index is -0.0392. The van der Waals surface area contributed by atoms with Crippen LogP contribution in [-0.2, 0) is 0 Å². The van der Waals surface area contributed by atoms with E-state index in [1.807, 2.05) is 31.2 Å². The molecule has 0 bridgehead atoms. The van der Waals surface area contributed by atoms with Gasteiger partial charge in [0, 0.05) is 6.04 Å². The molecular weight excluding hydrogens is 202 g/mol. The number of nitrogens with two attached hydrogens (primary N) is 1. The maximum absolute atomic E-state index is 5.99. The zero-order valence-corrected chi connectivity index (χ0v) is 9.90. The van der Waals surface area contributed by atoms with Gasteiger partial charge in [0.2, 0.25) is 0 Å². The summed E-state index contributed by atoms with van der Waals surface area (Å²) >= 11 is 0. The van der Waals surface area contributed by atoms with Crippen LogP contribution >= 0.6 is 0 Å². The topological polar surface area (TPSA) is 44.5 Å². The fourth-order valence-corrected chi connectivity index (χ4v) is 1.51. The Morgan fingerprint density at radius 1 is 1.44 bits per heavy atom. The van der Waals surface area contributed by atoms with E-state index in [-0.39, 0.29) is 6.04 Å². The Labute approximate surface area is 96.9 Å². The van der Waals surface area contributed by atoms with Gasteiger partial charge in [-0.1, -0.05) is 12.1 Å². The molecule has 0 aliphatic carbocycles. The summed E-state index contributed by atoms with van der Waals surface area (Å²) < 4.78 is 10.7. The van der Waals surface area contributed by atoms with Crippen LogP contribution in [0.3, 0.4) is 0 Å². The minimum absolute atomic E-state index is 0.0392. The van der Waals surface area contributed by atoms with Crippen molar-refractivity contribution in [2.24, 2.45) is 5.73 Å². The van der Waals surface area contributed by atoms with Crippen LogP contribution in [0.4, 0.5) is 0 Å². The molecule has 0 unspecified atom stereocenters. The molecule has 0 fully saturated rings. The van der Waals surface area contributed by atoms with Gasteiger partial charge >= 0.3 is 0 Å². The van der Waals surface area contributed by atoms with Crippen molar-refractivity contribution in [2.75, 3.05) is 13.7 Å². The van der Waals surface area contributed by atoms with Crippen molar-refractivity contribution in [1.82, 2.24) is 0 Å².